The SMILES string of the molecule is CC1=CC2(C=CC1=O)OCCO2. The minimum absolute atomic E-state index is 0.0275. The van der Waals surface area contributed by atoms with E-state index >= 15 is 0 Å². The van der Waals surface area contributed by atoms with Gasteiger partial charge in [0.2, 0.25) is 5.79 Å². The van der Waals surface area contributed by atoms with Crippen LogP contribution in [0.1, 0.15) is 6.92 Å². The summed E-state index contributed by atoms with van der Waals surface area (Å²) in [6.07, 6.45) is 4.89. The standard InChI is InChI=1S/C9H10O3/c1-7-6-9(3-2-8(7)10)11-4-5-12-9/h2-3,6H,4-5H2,1H3. The van der Waals surface area contributed by atoms with Crippen molar-refractivity contribution in [3.05, 3.63) is 23.8 Å². The van der Waals surface area contributed by atoms with Crippen molar-refractivity contribution in [3.63, 3.8) is 0 Å². The molecular formula is C9H10O3. The molecule has 1 spiro atoms. The van der Waals surface area contributed by atoms with Gasteiger partial charge in [-0.3, -0.25) is 4.79 Å². The Morgan fingerprint density at radius 1 is 1.42 bits per heavy atom. The van der Waals surface area contributed by atoms with Gasteiger partial charge in [0, 0.05) is 0 Å². The maximum atomic E-state index is 11.1. The molecule has 0 atom stereocenters. The van der Waals surface area contributed by atoms with E-state index < -0.39 is 5.79 Å². The molecule has 0 saturated carbocycles. The Kier molecular flexibility index (Phi) is 1.63. The van der Waals surface area contributed by atoms with Crippen LogP contribution in [0.3, 0.4) is 0 Å². The highest BCUT2D eigenvalue weighted by Gasteiger charge is 2.34. The monoisotopic (exact) mass is 166 g/mol. The summed E-state index contributed by atoms with van der Waals surface area (Å²) in [5.41, 5.74) is 0.680. The van der Waals surface area contributed by atoms with Gasteiger partial charge in [0.15, 0.2) is 5.78 Å². The van der Waals surface area contributed by atoms with Gasteiger partial charge in [0.1, 0.15) is 0 Å². The first kappa shape index (κ1) is 7.71. The molecule has 0 N–H and O–H groups in total. The van der Waals surface area contributed by atoms with Crippen molar-refractivity contribution in [1.82, 2.24) is 0 Å². The van der Waals surface area contributed by atoms with Gasteiger partial charge in [0.05, 0.1) is 13.2 Å². The number of hydrogen-bond acceptors (Lipinski definition) is 3. The zero-order valence-electron chi connectivity index (χ0n) is 6.87. The molecular weight excluding hydrogens is 156 g/mol. The van der Waals surface area contributed by atoms with E-state index in [0.29, 0.717) is 18.8 Å². The summed E-state index contributed by atoms with van der Waals surface area (Å²) in [4.78, 5) is 11.1. The molecule has 64 valence electrons. The van der Waals surface area contributed by atoms with Gasteiger partial charge >= 0.3 is 0 Å². The minimum Gasteiger partial charge on any atom is -0.341 e. The fraction of sp³-hybridized carbons (Fsp3) is 0.444. The Hall–Kier alpha value is -0.930. The van der Waals surface area contributed by atoms with Crippen LogP contribution < -0.4 is 0 Å². The topological polar surface area (TPSA) is 35.5 Å². The quantitative estimate of drug-likeness (QED) is 0.534. The molecule has 1 heterocycles. The van der Waals surface area contributed by atoms with E-state index in [1.165, 1.54) is 6.08 Å². The summed E-state index contributed by atoms with van der Waals surface area (Å²) in [6.45, 7) is 2.93. The molecule has 1 aliphatic heterocycles. The summed E-state index contributed by atoms with van der Waals surface area (Å²) >= 11 is 0. The second-order valence-corrected chi connectivity index (χ2v) is 2.94. The van der Waals surface area contributed by atoms with Crippen LogP contribution in [0.15, 0.2) is 23.8 Å². The maximum Gasteiger partial charge on any atom is 0.209 e. The zero-order chi connectivity index (χ0) is 8.60. The number of carbonyl (C=O) groups is 1. The number of hydrogen-bond donors (Lipinski definition) is 0. The minimum atomic E-state index is -0.738. The summed E-state index contributed by atoms with van der Waals surface area (Å²) in [7, 11) is 0. The van der Waals surface area contributed by atoms with Crippen molar-refractivity contribution in [1.29, 1.82) is 0 Å². The molecule has 2 rings (SSSR count). The van der Waals surface area contributed by atoms with Gasteiger partial charge in [-0.05, 0) is 30.7 Å². The third kappa shape index (κ3) is 1.11. The maximum absolute atomic E-state index is 11.1. The van der Waals surface area contributed by atoms with Crippen molar-refractivity contribution in [2.75, 3.05) is 13.2 Å². The summed E-state index contributed by atoms with van der Waals surface area (Å²) < 4.78 is 10.7. The second kappa shape index (κ2) is 2.54. The van der Waals surface area contributed by atoms with Crippen molar-refractivity contribution in [3.8, 4) is 0 Å². The average Bonchev–Trinajstić information content (AvgIpc) is 2.47. The molecule has 0 radical (unpaired) electrons. The van der Waals surface area contributed by atoms with Crippen LogP contribution in [0.4, 0.5) is 0 Å². The van der Waals surface area contributed by atoms with E-state index in [1.54, 1.807) is 19.1 Å². The Balaban J connectivity index is 2.30. The number of allylic oxidation sites excluding steroid dienone is 2. The molecule has 0 aromatic heterocycles. The van der Waals surface area contributed by atoms with E-state index in [9.17, 15) is 4.79 Å². The van der Waals surface area contributed by atoms with Crippen LogP contribution in [0.5, 0.6) is 0 Å². The lowest BCUT2D eigenvalue weighted by molar-refractivity contribution is -0.113. The lowest BCUT2D eigenvalue weighted by Crippen LogP contribution is -2.28. The summed E-state index contributed by atoms with van der Waals surface area (Å²) in [6, 6.07) is 0. The molecule has 1 fully saturated rings. The first-order valence-corrected chi connectivity index (χ1v) is 3.93. The highest BCUT2D eigenvalue weighted by molar-refractivity contribution is 6.04. The molecule has 0 aromatic carbocycles. The molecule has 1 saturated heterocycles. The van der Waals surface area contributed by atoms with Gasteiger partial charge in [-0.1, -0.05) is 0 Å². The van der Waals surface area contributed by atoms with Crippen LogP contribution in [-0.2, 0) is 14.3 Å². The van der Waals surface area contributed by atoms with Crippen LogP contribution >= 0.6 is 0 Å². The highest BCUT2D eigenvalue weighted by Crippen LogP contribution is 2.27. The third-order valence-electron chi connectivity index (χ3n) is 2.01. The lowest BCUT2D eigenvalue weighted by atomic mass is 10.0. The Bertz CT molecular complexity index is 269. The highest BCUT2D eigenvalue weighted by atomic mass is 16.7. The van der Waals surface area contributed by atoms with Gasteiger partial charge in [0.25, 0.3) is 0 Å². The summed E-state index contributed by atoms with van der Waals surface area (Å²) in [5, 5.41) is 0. The molecule has 0 aromatic rings. The van der Waals surface area contributed by atoms with Crippen LogP contribution in [0.25, 0.3) is 0 Å². The summed E-state index contributed by atoms with van der Waals surface area (Å²) in [5.74, 6) is -0.711. The van der Waals surface area contributed by atoms with E-state index in [-0.39, 0.29) is 5.78 Å². The van der Waals surface area contributed by atoms with E-state index in [2.05, 4.69) is 0 Å². The molecule has 0 bridgehead atoms. The first-order chi connectivity index (χ1) is 5.72. The molecule has 1 aliphatic carbocycles. The second-order valence-electron chi connectivity index (χ2n) is 2.94. The van der Waals surface area contributed by atoms with Crippen molar-refractivity contribution in [2.45, 2.75) is 12.7 Å². The van der Waals surface area contributed by atoms with Crippen molar-refractivity contribution >= 4 is 5.78 Å². The Morgan fingerprint density at radius 2 is 2.08 bits per heavy atom. The normalized spacial score (nSPS) is 26.4. The lowest BCUT2D eigenvalue weighted by Gasteiger charge is -2.22. The molecule has 0 amide bonds. The number of carbonyl (C=O) groups excluding carboxylic acids is 1. The predicted molar refractivity (Wildman–Crippen MR) is 42.5 cm³/mol. The fourth-order valence-electron chi connectivity index (χ4n) is 1.37. The first-order valence-electron chi connectivity index (χ1n) is 3.93. The van der Waals surface area contributed by atoms with E-state index in [4.69, 9.17) is 9.47 Å². The van der Waals surface area contributed by atoms with Crippen LogP contribution in [0.2, 0.25) is 0 Å². The molecule has 2 aliphatic rings. The Morgan fingerprint density at radius 3 is 2.67 bits per heavy atom. The number of rotatable bonds is 0. The predicted octanol–water partition coefficient (Wildman–Crippen LogP) is 0.815. The van der Waals surface area contributed by atoms with Crippen LogP contribution in [0, 0.1) is 0 Å². The third-order valence-corrected chi connectivity index (χ3v) is 2.01. The van der Waals surface area contributed by atoms with Crippen molar-refractivity contribution < 1.29 is 14.3 Å². The number of ether oxygens (including phenoxy) is 2. The van der Waals surface area contributed by atoms with E-state index in [0.717, 1.165) is 0 Å². The fourth-order valence-corrected chi connectivity index (χ4v) is 1.37. The molecule has 12 heavy (non-hydrogen) atoms. The molecule has 3 nitrogen and oxygen atoms in total. The average molecular weight is 166 g/mol. The van der Waals surface area contributed by atoms with Gasteiger partial charge in [-0.25, -0.2) is 0 Å². The van der Waals surface area contributed by atoms with Gasteiger partial charge in [-0.15, -0.1) is 0 Å². The Labute approximate surface area is 70.7 Å². The van der Waals surface area contributed by atoms with Crippen molar-refractivity contribution in [2.24, 2.45) is 0 Å². The molecule has 3 heteroatoms. The van der Waals surface area contributed by atoms with Crippen LogP contribution in [-0.4, -0.2) is 24.8 Å². The van der Waals surface area contributed by atoms with E-state index in [1.807, 2.05) is 0 Å². The zero-order valence-corrected chi connectivity index (χ0v) is 6.87. The molecule has 0 unspecified atom stereocenters. The van der Waals surface area contributed by atoms with Gasteiger partial charge < -0.3 is 9.47 Å². The largest absolute Gasteiger partial charge is 0.341 e. The number of ketones is 1. The smallest absolute Gasteiger partial charge is 0.209 e. The van der Waals surface area contributed by atoms with Gasteiger partial charge in [-0.2, -0.15) is 0 Å².